The third kappa shape index (κ3) is 2.37. The summed E-state index contributed by atoms with van der Waals surface area (Å²) < 4.78 is 12.3. The summed E-state index contributed by atoms with van der Waals surface area (Å²) in [5.74, 6) is 2.00. The number of fused-ring (bicyclic) bond motifs is 1. The van der Waals surface area contributed by atoms with Crippen molar-refractivity contribution in [3.63, 3.8) is 0 Å². The molecule has 8 nitrogen and oxygen atoms in total. The van der Waals surface area contributed by atoms with E-state index < -0.39 is 0 Å². The highest BCUT2D eigenvalue weighted by Gasteiger charge is 2.17. The molecule has 0 spiro atoms. The number of aromatic amines is 1. The lowest BCUT2D eigenvalue weighted by molar-refractivity contribution is 0.415. The summed E-state index contributed by atoms with van der Waals surface area (Å²) >= 11 is 1.43. The molecule has 0 saturated carbocycles. The molecular weight excluding hydrogens is 352 g/mol. The van der Waals surface area contributed by atoms with Crippen LogP contribution in [0.15, 0.2) is 53.1 Å². The number of nitrogens with zero attached hydrogens (tertiary/aromatic N) is 5. The Morgan fingerprint density at radius 3 is 2.81 bits per heavy atom. The highest BCUT2D eigenvalue weighted by Crippen LogP contribution is 2.29. The monoisotopic (exact) mass is 364 g/mol. The largest absolute Gasteiger partial charge is 0.497 e. The van der Waals surface area contributed by atoms with Gasteiger partial charge in [0.25, 0.3) is 0 Å². The zero-order chi connectivity index (χ0) is 17.5. The van der Waals surface area contributed by atoms with Crippen LogP contribution >= 0.6 is 11.3 Å². The molecule has 26 heavy (non-hydrogen) atoms. The van der Waals surface area contributed by atoms with Crippen molar-refractivity contribution >= 4 is 16.3 Å². The molecule has 0 atom stereocenters. The van der Waals surface area contributed by atoms with E-state index in [1.165, 1.54) is 11.3 Å². The van der Waals surface area contributed by atoms with Gasteiger partial charge in [0.2, 0.25) is 10.8 Å². The Morgan fingerprint density at radius 1 is 1.15 bits per heavy atom. The van der Waals surface area contributed by atoms with Gasteiger partial charge in [0.05, 0.1) is 24.8 Å². The zero-order valence-corrected chi connectivity index (χ0v) is 14.4. The number of benzene rings is 1. The van der Waals surface area contributed by atoms with Crippen LogP contribution in [-0.4, -0.2) is 37.1 Å². The molecule has 5 rings (SSSR count). The van der Waals surface area contributed by atoms with Gasteiger partial charge in [-0.1, -0.05) is 11.3 Å². The average molecular weight is 364 g/mol. The van der Waals surface area contributed by atoms with Gasteiger partial charge in [-0.2, -0.15) is 14.7 Å². The van der Waals surface area contributed by atoms with Gasteiger partial charge in [-0.25, -0.2) is 0 Å². The summed E-state index contributed by atoms with van der Waals surface area (Å²) in [6.45, 7) is 0. The van der Waals surface area contributed by atoms with E-state index in [0.717, 1.165) is 27.7 Å². The van der Waals surface area contributed by atoms with Gasteiger partial charge in [-0.15, -0.1) is 10.2 Å². The van der Waals surface area contributed by atoms with Crippen LogP contribution in [0.3, 0.4) is 0 Å². The van der Waals surface area contributed by atoms with Crippen LogP contribution in [0.5, 0.6) is 5.75 Å². The average Bonchev–Trinajstić information content (AvgIpc) is 3.44. The van der Waals surface area contributed by atoms with Crippen molar-refractivity contribution in [1.29, 1.82) is 0 Å². The number of H-pyrrole nitrogens is 1. The van der Waals surface area contributed by atoms with E-state index in [9.17, 15) is 0 Å². The number of furan rings is 1. The topological polar surface area (TPSA) is 94.1 Å². The van der Waals surface area contributed by atoms with Crippen LogP contribution < -0.4 is 4.74 Å². The van der Waals surface area contributed by atoms with Crippen molar-refractivity contribution in [2.75, 3.05) is 7.11 Å². The number of hydrogen-bond donors (Lipinski definition) is 1. The number of ether oxygens (including phenoxy) is 1. The van der Waals surface area contributed by atoms with E-state index in [4.69, 9.17) is 9.15 Å². The van der Waals surface area contributed by atoms with Crippen molar-refractivity contribution in [1.82, 2.24) is 30.0 Å². The van der Waals surface area contributed by atoms with E-state index in [-0.39, 0.29) is 0 Å². The van der Waals surface area contributed by atoms with E-state index in [0.29, 0.717) is 16.5 Å². The predicted molar refractivity (Wildman–Crippen MR) is 95.9 cm³/mol. The number of methoxy groups -OCH3 is 1. The molecule has 0 saturated heterocycles. The molecule has 0 unspecified atom stereocenters. The second kappa shape index (κ2) is 5.81. The molecule has 0 aliphatic heterocycles. The smallest absolute Gasteiger partial charge is 0.235 e. The van der Waals surface area contributed by atoms with E-state index in [1.807, 2.05) is 36.4 Å². The number of aromatic nitrogens is 6. The van der Waals surface area contributed by atoms with Crippen molar-refractivity contribution in [3.8, 4) is 39.3 Å². The molecule has 0 aliphatic rings. The minimum absolute atomic E-state index is 0.572. The lowest BCUT2D eigenvalue weighted by Gasteiger charge is -1.99. The maximum atomic E-state index is 5.39. The Bertz CT molecular complexity index is 1170. The Labute approximate surface area is 151 Å². The maximum absolute atomic E-state index is 5.39. The highest BCUT2D eigenvalue weighted by molar-refractivity contribution is 7.19. The summed E-state index contributed by atoms with van der Waals surface area (Å²) in [6.07, 6.45) is 1.60. The van der Waals surface area contributed by atoms with Crippen molar-refractivity contribution < 1.29 is 9.15 Å². The normalized spacial score (nSPS) is 11.3. The van der Waals surface area contributed by atoms with Crippen LogP contribution in [-0.2, 0) is 0 Å². The fourth-order valence-electron chi connectivity index (χ4n) is 2.63. The Morgan fingerprint density at radius 2 is 2.04 bits per heavy atom. The first kappa shape index (κ1) is 14.8. The van der Waals surface area contributed by atoms with Gasteiger partial charge >= 0.3 is 0 Å². The van der Waals surface area contributed by atoms with Crippen molar-refractivity contribution in [2.45, 2.75) is 0 Å². The Kier molecular flexibility index (Phi) is 3.32. The molecule has 0 radical (unpaired) electrons. The maximum Gasteiger partial charge on any atom is 0.235 e. The fourth-order valence-corrected chi connectivity index (χ4v) is 3.43. The van der Waals surface area contributed by atoms with Gasteiger partial charge in [0.1, 0.15) is 5.75 Å². The summed E-state index contributed by atoms with van der Waals surface area (Å²) in [7, 11) is 1.65. The Hall–Kier alpha value is -3.46. The van der Waals surface area contributed by atoms with E-state index in [2.05, 4.69) is 25.5 Å². The molecule has 9 heteroatoms. The van der Waals surface area contributed by atoms with Gasteiger partial charge in [-0.05, 0) is 42.5 Å². The molecule has 1 N–H and O–H groups in total. The number of hydrogen-bond acceptors (Lipinski definition) is 7. The third-order valence-electron chi connectivity index (χ3n) is 3.93. The lowest BCUT2D eigenvalue weighted by atomic mass is 10.1. The molecule has 0 fully saturated rings. The van der Waals surface area contributed by atoms with Crippen LogP contribution in [0.4, 0.5) is 0 Å². The number of rotatable bonds is 4. The van der Waals surface area contributed by atoms with Crippen molar-refractivity contribution in [3.05, 3.63) is 48.7 Å². The molecule has 0 aliphatic carbocycles. The Balaban J connectivity index is 1.51. The molecule has 128 valence electrons. The van der Waals surface area contributed by atoms with Crippen LogP contribution in [0.2, 0.25) is 0 Å². The second-order valence-corrected chi connectivity index (χ2v) is 6.45. The summed E-state index contributed by atoms with van der Waals surface area (Å²) in [5.41, 5.74) is 2.64. The quantitative estimate of drug-likeness (QED) is 0.524. The summed E-state index contributed by atoms with van der Waals surface area (Å²) in [4.78, 5) is 0.687. The summed E-state index contributed by atoms with van der Waals surface area (Å²) in [6, 6.07) is 13.3. The second-order valence-electron chi connectivity index (χ2n) is 5.50. The lowest BCUT2D eigenvalue weighted by Crippen LogP contribution is -1.89. The first-order valence-corrected chi connectivity index (χ1v) is 8.60. The molecular formula is C17H12N6O2S. The minimum atomic E-state index is 0.572. The van der Waals surface area contributed by atoms with Gasteiger partial charge in [0, 0.05) is 5.56 Å². The summed E-state index contributed by atoms with van der Waals surface area (Å²) in [5, 5.41) is 21.1. The van der Waals surface area contributed by atoms with Gasteiger partial charge in [0.15, 0.2) is 10.8 Å². The van der Waals surface area contributed by atoms with E-state index in [1.54, 1.807) is 24.0 Å². The molecule has 4 heterocycles. The van der Waals surface area contributed by atoms with Crippen molar-refractivity contribution in [2.24, 2.45) is 0 Å². The molecule has 4 aromatic heterocycles. The van der Waals surface area contributed by atoms with Crippen LogP contribution in [0.1, 0.15) is 0 Å². The molecule has 1 aromatic carbocycles. The first-order valence-electron chi connectivity index (χ1n) is 7.78. The predicted octanol–water partition coefficient (Wildman–Crippen LogP) is 3.51. The molecule has 5 aromatic rings. The highest BCUT2D eigenvalue weighted by atomic mass is 32.1. The van der Waals surface area contributed by atoms with Crippen LogP contribution in [0, 0.1) is 0 Å². The molecule has 0 amide bonds. The van der Waals surface area contributed by atoms with Gasteiger partial charge in [-0.3, -0.25) is 5.10 Å². The van der Waals surface area contributed by atoms with E-state index >= 15 is 0 Å². The minimum Gasteiger partial charge on any atom is -0.497 e. The third-order valence-corrected chi connectivity index (χ3v) is 4.86. The standard InChI is InChI=1S/C17H12N6O2S/c1-24-11-6-4-10(5-7-11)12-9-13(19-18-12)16-22-23-15(14-3-2-8-25-14)20-21-17(23)26-16/h2-9H,1H3,(H,18,19). The number of nitrogens with one attached hydrogen (secondary N) is 1. The zero-order valence-electron chi connectivity index (χ0n) is 13.6. The molecule has 0 bridgehead atoms. The SMILES string of the molecule is COc1ccc(-c2cc(-c3nn4c(-c5ccco5)nnc4s3)[nH]n2)cc1. The van der Waals surface area contributed by atoms with Crippen LogP contribution in [0.25, 0.3) is 38.5 Å². The van der Waals surface area contributed by atoms with Gasteiger partial charge < -0.3 is 9.15 Å². The first-order chi connectivity index (χ1) is 12.8. The fraction of sp³-hybridized carbons (Fsp3) is 0.0588.